The van der Waals surface area contributed by atoms with Crippen molar-refractivity contribution in [2.75, 3.05) is 0 Å². The van der Waals surface area contributed by atoms with Gasteiger partial charge in [-0.15, -0.1) is 0 Å². The monoisotopic (exact) mass is 342 g/mol. The summed E-state index contributed by atoms with van der Waals surface area (Å²) in [7, 11) is 0. The van der Waals surface area contributed by atoms with E-state index >= 15 is 0 Å². The largest absolute Gasteiger partial charge is 0.366 e. The van der Waals surface area contributed by atoms with Crippen LogP contribution in [-0.4, -0.2) is 20.7 Å². The Morgan fingerprint density at radius 3 is 2.62 bits per heavy atom. The van der Waals surface area contributed by atoms with E-state index in [1.165, 1.54) is 4.68 Å². The molecule has 3 N–H and O–H groups in total. The Balaban J connectivity index is 2.28. The van der Waals surface area contributed by atoms with Gasteiger partial charge in [-0.3, -0.25) is 9.59 Å². The maximum atomic E-state index is 12.1. The number of hydrogen-bond acceptors (Lipinski definition) is 3. The number of carbonyl (C=O) groups excluding carboxylic acids is 1. The lowest BCUT2D eigenvalue weighted by Crippen LogP contribution is -2.17. The Labute approximate surface area is 142 Å². The minimum Gasteiger partial charge on any atom is -0.366 e. The maximum absolute atomic E-state index is 12.1. The van der Waals surface area contributed by atoms with Crippen LogP contribution in [0.4, 0.5) is 0 Å². The number of H-pyrrole nitrogens is 1. The zero-order valence-electron chi connectivity index (χ0n) is 13.1. The second-order valence-electron chi connectivity index (χ2n) is 5.47. The molecule has 0 spiro atoms. The fourth-order valence-corrected chi connectivity index (χ4v) is 2.68. The van der Waals surface area contributed by atoms with Gasteiger partial charge in [0.2, 0.25) is 5.91 Å². The van der Waals surface area contributed by atoms with Crippen molar-refractivity contribution in [2.45, 2.75) is 13.8 Å². The number of amides is 1. The van der Waals surface area contributed by atoms with Gasteiger partial charge in [-0.25, -0.2) is 4.68 Å². The third-order valence-corrected chi connectivity index (χ3v) is 4.09. The Hall–Kier alpha value is -2.86. The average molecular weight is 343 g/mol. The number of halogens is 1. The molecule has 2 aromatic heterocycles. The molecule has 0 aliphatic carbocycles. The maximum Gasteiger partial charge on any atom is 0.252 e. The van der Waals surface area contributed by atoms with Crippen LogP contribution in [-0.2, 0) is 0 Å². The van der Waals surface area contributed by atoms with Crippen molar-refractivity contribution >= 4 is 17.5 Å². The molecule has 122 valence electrons. The quantitative estimate of drug-likeness (QED) is 0.766. The molecule has 0 radical (unpaired) electrons. The Bertz CT molecular complexity index is 1000. The van der Waals surface area contributed by atoms with Gasteiger partial charge in [0.15, 0.2) is 5.15 Å². The number of carbonyl (C=O) groups is 1. The van der Waals surface area contributed by atoms with E-state index < -0.39 is 5.91 Å². The highest BCUT2D eigenvalue weighted by Gasteiger charge is 2.17. The second-order valence-corrected chi connectivity index (χ2v) is 5.85. The number of benzene rings is 1. The van der Waals surface area contributed by atoms with Crippen LogP contribution in [0, 0.1) is 13.8 Å². The number of nitrogens with zero attached hydrogens (tertiary/aromatic N) is 2. The van der Waals surface area contributed by atoms with Gasteiger partial charge in [0.1, 0.15) is 5.82 Å². The molecular weight excluding hydrogens is 328 g/mol. The summed E-state index contributed by atoms with van der Waals surface area (Å²) < 4.78 is 1.50. The number of aryl methyl sites for hydroxylation is 1. The molecule has 0 aliphatic rings. The highest BCUT2D eigenvalue weighted by atomic mass is 35.5. The van der Waals surface area contributed by atoms with Gasteiger partial charge >= 0.3 is 0 Å². The van der Waals surface area contributed by atoms with Gasteiger partial charge in [-0.1, -0.05) is 29.8 Å². The fourth-order valence-electron chi connectivity index (χ4n) is 2.50. The highest BCUT2D eigenvalue weighted by molar-refractivity contribution is 6.29. The molecule has 0 bridgehead atoms. The van der Waals surface area contributed by atoms with Crippen LogP contribution in [0.3, 0.4) is 0 Å². The lowest BCUT2D eigenvalue weighted by atomic mass is 10.0. The molecule has 3 aromatic rings. The molecule has 0 saturated carbocycles. The molecule has 7 heteroatoms. The van der Waals surface area contributed by atoms with Gasteiger partial charge in [-0.2, -0.15) is 5.10 Å². The van der Waals surface area contributed by atoms with Crippen molar-refractivity contribution in [2.24, 2.45) is 5.73 Å². The number of primary amides is 1. The molecule has 0 fully saturated rings. The van der Waals surface area contributed by atoms with Crippen LogP contribution in [0.1, 0.15) is 21.5 Å². The zero-order valence-corrected chi connectivity index (χ0v) is 13.9. The van der Waals surface area contributed by atoms with Crippen LogP contribution in [0.5, 0.6) is 0 Å². The fraction of sp³-hybridized carbons (Fsp3) is 0.118. The molecular formula is C17H15ClN4O2. The van der Waals surface area contributed by atoms with Gasteiger partial charge in [0, 0.05) is 22.8 Å². The van der Waals surface area contributed by atoms with Crippen LogP contribution < -0.4 is 11.3 Å². The van der Waals surface area contributed by atoms with Gasteiger partial charge < -0.3 is 10.7 Å². The van der Waals surface area contributed by atoms with E-state index in [0.717, 1.165) is 5.56 Å². The molecule has 0 saturated heterocycles. The van der Waals surface area contributed by atoms with Crippen LogP contribution in [0.15, 0.2) is 41.2 Å². The average Bonchev–Trinajstić information content (AvgIpc) is 2.94. The van der Waals surface area contributed by atoms with Crippen molar-refractivity contribution in [3.8, 4) is 17.1 Å². The minimum absolute atomic E-state index is 0.203. The predicted octanol–water partition coefficient (Wildman–Crippen LogP) is 2.60. The number of nitrogens with two attached hydrogens (primary N) is 1. The first-order valence-electron chi connectivity index (χ1n) is 7.24. The first-order chi connectivity index (χ1) is 11.4. The molecule has 6 nitrogen and oxygen atoms in total. The lowest BCUT2D eigenvalue weighted by molar-refractivity contribution is 0.100. The molecule has 3 rings (SSSR count). The van der Waals surface area contributed by atoms with Crippen molar-refractivity contribution in [3.63, 3.8) is 0 Å². The summed E-state index contributed by atoms with van der Waals surface area (Å²) in [5, 5.41) is 4.47. The molecule has 0 atom stereocenters. The standard InChI is InChI=1S/C17H15ClN4O2/c1-9-7-15(20-17(24)10(9)2)22-13(8-14(18)21-22)11-5-3-4-6-12(11)16(19)23/h3-8H,1-2H3,(H2,19,23)(H,20,24). The number of nitrogens with one attached hydrogen (secondary N) is 1. The molecule has 24 heavy (non-hydrogen) atoms. The van der Waals surface area contributed by atoms with E-state index in [-0.39, 0.29) is 10.7 Å². The third-order valence-electron chi connectivity index (χ3n) is 3.90. The molecule has 1 amide bonds. The summed E-state index contributed by atoms with van der Waals surface area (Å²) in [6.45, 7) is 3.59. The molecule has 1 aromatic carbocycles. The SMILES string of the molecule is Cc1cc(-n2nc(Cl)cc2-c2ccccc2C(N)=O)[nH]c(=O)c1C. The predicted molar refractivity (Wildman–Crippen MR) is 92.6 cm³/mol. The molecule has 0 unspecified atom stereocenters. The zero-order chi connectivity index (χ0) is 17.4. The van der Waals surface area contributed by atoms with E-state index in [0.29, 0.717) is 28.2 Å². The first-order valence-corrected chi connectivity index (χ1v) is 7.62. The topological polar surface area (TPSA) is 93.8 Å². The third kappa shape index (κ3) is 2.72. The lowest BCUT2D eigenvalue weighted by Gasteiger charge is -2.11. The van der Waals surface area contributed by atoms with Gasteiger partial charge in [-0.05, 0) is 31.5 Å². The number of aromatic nitrogens is 3. The summed E-state index contributed by atoms with van der Waals surface area (Å²) >= 11 is 6.07. The van der Waals surface area contributed by atoms with Crippen LogP contribution in [0.2, 0.25) is 5.15 Å². The van der Waals surface area contributed by atoms with E-state index in [2.05, 4.69) is 10.1 Å². The van der Waals surface area contributed by atoms with Crippen molar-refractivity contribution in [3.05, 3.63) is 68.6 Å². The first kappa shape index (κ1) is 16.0. The number of aromatic amines is 1. The van der Waals surface area contributed by atoms with Crippen LogP contribution >= 0.6 is 11.6 Å². The summed E-state index contributed by atoms with van der Waals surface area (Å²) in [5.74, 6) is -0.0904. The van der Waals surface area contributed by atoms with E-state index in [4.69, 9.17) is 17.3 Å². The van der Waals surface area contributed by atoms with Gasteiger partial charge in [0.25, 0.3) is 5.56 Å². The second kappa shape index (κ2) is 5.98. The van der Waals surface area contributed by atoms with E-state index in [1.807, 2.05) is 6.92 Å². The summed E-state index contributed by atoms with van der Waals surface area (Å²) in [4.78, 5) is 26.5. The van der Waals surface area contributed by atoms with E-state index in [9.17, 15) is 9.59 Å². The molecule has 2 heterocycles. The van der Waals surface area contributed by atoms with Crippen molar-refractivity contribution in [1.29, 1.82) is 0 Å². The summed E-state index contributed by atoms with van der Waals surface area (Å²) in [5.41, 5.74) is 8.22. The number of pyridine rings is 1. The molecule has 0 aliphatic heterocycles. The van der Waals surface area contributed by atoms with Crippen molar-refractivity contribution in [1.82, 2.24) is 14.8 Å². The van der Waals surface area contributed by atoms with Gasteiger partial charge in [0.05, 0.1) is 5.69 Å². The van der Waals surface area contributed by atoms with Crippen LogP contribution in [0.25, 0.3) is 17.1 Å². The summed E-state index contributed by atoms with van der Waals surface area (Å²) in [6, 6.07) is 10.3. The number of hydrogen-bond donors (Lipinski definition) is 2. The Morgan fingerprint density at radius 1 is 1.25 bits per heavy atom. The Morgan fingerprint density at radius 2 is 1.96 bits per heavy atom. The highest BCUT2D eigenvalue weighted by Crippen LogP contribution is 2.28. The van der Waals surface area contributed by atoms with E-state index in [1.54, 1.807) is 43.3 Å². The Kier molecular flexibility index (Phi) is 3.99. The summed E-state index contributed by atoms with van der Waals surface area (Å²) in [6.07, 6.45) is 0. The van der Waals surface area contributed by atoms with Crippen molar-refractivity contribution < 1.29 is 4.79 Å². The minimum atomic E-state index is -0.553. The number of rotatable bonds is 3. The smallest absolute Gasteiger partial charge is 0.252 e. The normalized spacial score (nSPS) is 10.8.